The van der Waals surface area contributed by atoms with Crippen LogP contribution in [0.1, 0.15) is 64.5 Å². The van der Waals surface area contributed by atoms with Crippen LogP contribution in [0.3, 0.4) is 0 Å². The predicted octanol–water partition coefficient (Wildman–Crippen LogP) is 6.22. The molecule has 0 spiro atoms. The van der Waals surface area contributed by atoms with Crippen molar-refractivity contribution in [1.82, 2.24) is 16.0 Å². The van der Waals surface area contributed by atoms with Crippen molar-refractivity contribution in [1.29, 1.82) is 0 Å². The fourth-order valence-electron chi connectivity index (χ4n) is 5.98. The SMILES string of the molecule is CC(C(=O)NC(CNC1CC(C)(C)NC(C)(C)C1)Cc1ccccc1)c1ccc(-c2ccccc2)c(F)c1. The zero-order chi connectivity index (χ0) is 27.3. The third kappa shape index (κ3) is 7.52. The molecule has 0 aromatic heterocycles. The number of hydrogen-bond acceptors (Lipinski definition) is 3. The van der Waals surface area contributed by atoms with Gasteiger partial charge in [-0.1, -0.05) is 72.8 Å². The Labute approximate surface area is 227 Å². The molecule has 5 heteroatoms. The standard InChI is InChI=1S/C33H42FN3O/c1-23(26-16-17-29(30(34)19-26)25-14-10-7-11-15-25)31(38)36-27(18-24-12-8-6-9-13-24)22-35-28-20-32(2,3)37-33(4,5)21-28/h6-17,19,23,27-28,35,37H,18,20-22H2,1-5H3,(H,36,38). The van der Waals surface area contributed by atoms with Gasteiger partial charge >= 0.3 is 0 Å². The Balaban J connectivity index is 1.45. The number of nitrogens with one attached hydrogen (secondary N) is 3. The highest BCUT2D eigenvalue weighted by molar-refractivity contribution is 5.83. The van der Waals surface area contributed by atoms with Crippen LogP contribution in [0.5, 0.6) is 0 Å². The molecule has 0 bridgehead atoms. The summed E-state index contributed by atoms with van der Waals surface area (Å²) in [6.45, 7) is 11.5. The fourth-order valence-corrected chi connectivity index (χ4v) is 5.98. The molecule has 0 saturated carbocycles. The molecule has 4 nitrogen and oxygen atoms in total. The predicted molar refractivity (Wildman–Crippen MR) is 155 cm³/mol. The lowest BCUT2D eigenvalue weighted by Crippen LogP contribution is -2.62. The van der Waals surface area contributed by atoms with Crippen molar-refractivity contribution >= 4 is 5.91 Å². The van der Waals surface area contributed by atoms with E-state index >= 15 is 4.39 Å². The van der Waals surface area contributed by atoms with Crippen molar-refractivity contribution in [3.8, 4) is 11.1 Å². The van der Waals surface area contributed by atoms with Crippen molar-refractivity contribution in [2.45, 2.75) is 83.0 Å². The maximum absolute atomic E-state index is 15.0. The quantitative estimate of drug-likeness (QED) is 0.317. The number of hydrogen-bond donors (Lipinski definition) is 3. The summed E-state index contributed by atoms with van der Waals surface area (Å²) in [5, 5.41) is 10.8. The molecule has 202 valence electrons. The van der Waals surface area contributed by atoms with Crippen molar-refractivity contribution in [3.63, 3.8) is 0 Å². The molecule has 3 N–H and O–H groups in total. The van der Waals surface area contributed by atoms with E-state index in [9.17, 15) is 4.79 Å². The summed E-state index contributed by atoms with van der Waals surface area (Å²) >= 11 is 0. The van der Waals surface area contributed by atoms with Crippen LogP contribution in [0.4, 0.5) is 4.39 Å². The molecule has 1 fully saturated rings. The molecule has 1 saturated heterocycles. The Morgan fingerprint density at radius 2 is 1.55 bits per heavy atom. The average molecular weight is 516 g/mol. The lowest BCUT2D eigenvalue weighted by Gasteiger charge is -2.47. The van der Waals surface area contributed by atoms with Crippen LogP contribution in [0.15, 0.2) is 78.9 Å². The number of piperidine rings is 1. The summed E-state index contributed by atoms with van der Waals surface area (Å²) in [5.41, 5.74) is 3.31. The van der Waals surface area contributed by atoms with Crippen LogP contribution < -0.4 is 16.0 Å². The molecular weight excluding hydrogens is 473 g/mol. The summed E-state index contributed by atoms with van der Waals surface area (Å²) in [5.74, 6) is -0.873. The summed E-state index contributed by atoms with van der Waals surface area (Å²) in [6.07, 6.45) is 2.77. The number of carbonyl (C=O) groups is 1. The minimum absolute atomic E-state index is 0.0437. The first-order valence-electron chi connectivity index (χ1n) is 13.7. The lowest BCUT2D eigenvalue weighted by atomic mass is 9.79. The molecule has 1 amide bonds. The van der Waals surface area contributed by atoms with Gasteiger partial charge < -0.3 is 16.0 Å². The van der Waals surface area contributed by atoms with Crippen molar-refractivity contribution < 1.29 is 9.18 Å². The van der Waals surface area contributed by atoms with E-state index < -0.39 is 5.92 Å². The van der Waals surface area contributed by atoms with Crippen LogP contribution >= 0.6 is 0 Å². The second-order valence-corrected chi connectivity index (χ2v) is 12.1. The molecule has 1 heterocycles. The topological polar surface area (TPSA) is 53.2 Å². The maximum atomic E-state index is 15.0. The maximum Gasteiger partial charge on any atom is 0.227 e. The molecule has 1 aliphatic heterocycles. The summed E-state index contributed by atoms with van der Waals surface area (Å²) < 4.78 is 15.0. The zero-order valence-corrected chi connectivity index (χ0v) is 23.4. The Kier molecular flexibility index (Phi) is 8.69. The molecule has 3 aromatic carbocycles. The van der Waals surface area contributed by atoms with Crippen LogP contribution in [0, 0.1) is 5.82 Å². The van der Waals surface area contributed by atoms with Crippen LogP contribution in [-0.2, 0) is 11.2 Å². The highest BCUT2D eigenvalue weighted by Gasteiger charge is 2.37. The van der Waals surface area contributed by atoms with Crippen LogP contribution in [-0.4, -0.2) is 35.6 Å². The second-order valence-electron chi connectivity index (χ2n) is 12.1. The van der Waals surface area contributed by atoms with E-state index in [0.717, 1.165) is 24.8 Å². The highest BCUT2D eigenvalue weighted by atomic mass is 19.1. The van der Waals surface area contributed by atoms with Gasteiger partial charge in [-0.05, 0) is 76.6 Å². The lowest BCUT2D eigenvalue weighted by molar-refractivity contribution is -0.122. The molecule has 2 atom stereocenters. The Morgan fingerprint density at radius 1 is 0.947 bits per heavy atom. The molecule has 2 unspecified atom stereocenters. The largest absolute Gasteiger partial charge is 0.351 e. The molecule has 1 aliphatic rings. The second kappa shape index (κ2) is 11.8. The minimum atomic E-state index is -0.468. The summed E-state index contributed by atoms with van der Waals surface area (Å²) in [4.78, 5) is 13.4. The van der Waals surface area contributed by atoms with Crippen LogP contribution in [0.25, 0.3) is 11.1 Å². The van der Waals surface area contributed by atoms with Gasteiger partial charge in [-0.25, -0.2) is 4.39 Å². The molecule has 3 aromatic rings. The Bertz CT molecular complexity index is 1190. The van der Waals surface area contributed by atoms with E-state index in [1.807, 2.05) is 61.5 Å². The monoisotopic (exact) mass is 515 g/mol. The van der Waals surface area contributed by atoms with Gasteiger partial charge in [-0.3, -0.25) is 4.79 Å². The van der Waals surface area contributed by atoms with E-state index in [1.165, 1.54) is 11.6 Å². The van der Waals surface area contributed by atoms with E-state index in [-0.39, 0.29) is 28.8 Å². The molecule has 4 rings (SSSR count). The minimum Gasteiger partial charge on any atom is -0.351 e. The third-order valence-corrected chi connectivity index (χ3v) is 7.49. The number of amides is 1. The van der Waals surface area contributed by atoms with Gasteiger partial charge in [0, 0.05) is 35.3 Å². The Hall–Kier alpha value is -3.02. The number of benzene rings is 3. The zero-order valence-electron chi connectivity index (χ0n) is 23.4. The fraction of sp³-hybridized carbons (Fsp3) is 0.424. The van der Waals surface area contributed by atoms with Gasteiger partial charge in [0.25, 0.3) is 0 Å². The number of rotatable bonds is 9. The van der Waals surface area contributed by atoms with Gasteiger partial charge in [0.15, 0.2) is 0 Å². The number of halogens is 1. The highest BCUT2D eigenvalue weighted by Crippen LogP contribution is 2.29. The van der Waals surface area contributed by atoms with Gasteiger partial charge in [0.05, 0.1) is 5.92 Å². The van der Waals surface area contributed by atoms with E-state index in [4.69, 9.17) is 0 Å². The van der Waals surface area contributed by atoms with Crippen LogP contribution in [0.2, 0.25) is 0 Å². The first kappa shape index (κ1) is 28.0. The first-order chi connectivity index (χ1) is 18.0. The van der Waals surface area contributed by atoms with Gasteiger partial charge in [0.2, 0.25) is 5.91 Å². The molecule has 38 heavy (non-hydrogen) atoms. The van der Waals surface area contributed by atoms with Gasteiger partial charge in [-0.2, -0.15) is 0 Å². The third-order valence-electron chi connectivity index (χ3n) is 7.49. The van der Waals surface area contributed by atoms with Crippen molar-refractivity contribution in [3.05, 3.63) is 95.8 Å². The molecule has 0 aliphatic carbocycles. The first-order valence-corrected chi connectivity index (χ1v) is 13.7. The van der Waals surface area contributed by atoms with E-state index in [0.29, 0.717) is 23.7 Å². The number of carbonyl (C=O) groups excluding carboxylic acids is 1. The summed E-state index contributed by atoms with van der Waals surface area (Å²) in [7, 11) is 0. The van der Waals surface area contributed by atoms with Gasteiger partial charge in [-0.15, -0.1) is 0 Å². The van der Waals surface area contributed by atoms with E-state index in [1.54, 1.807) is 6.07 Å². The van der Waals surface area contributed by atoms with Crippen molar-refractivity contribution in [2.75, 3.05) is 6.54 Å². The molecule has 0 radical (unpaired) electrons. The van der Waals surface area contributed by atoms with Crippen molar-refractivity contribution in [2.24, 2.45) is 0 Å². The normalized spacial score (nSPS) is 18.5. The smallest absolute Gasteiger partial charge is 0.227 e. The summed E-state index contributed by atoms with van der Waals surface area (Å²) in [6, 6.07) is 25.1. The Morgan fingerprint density at radius 3 is 2.16 bits per heavy atom. The molecular formula is C33H42FN3O. The van der Waals surface area contributed by atoms with E-state index in [2.05, 4.69) is 55.8 Å². The average Bonchev–Trinajstić information content (AvgIpc) is 2.86. The van der Waals surface area contributed by atoms with Gasteiger partial charge in [0.1, 0.15) is 5.82 Å².